The number of oxazole rings is 1. The van der Waals surface area contributed by atoms with Crippen molar-refractivity contribution >= 4 is 17.0 Å². The summed E-state index contributed by atoms with van der Waals surface area (Å²) in [7, 11) is 1.66. The van der Waals surface area contributed by atoms with Crippen LogP contribution in [0, 0.1) is 13.8 Å². The van der Waals surface area contributed by atoms with Crippen molar-refractivity contribution in [3.63, 3.8) is 0 Å². The molecule has 0 spiro atoms. The third-order valence-electron chi connectivity index (χ3n) is 4.08. The zero-order chi connectivity index (χ0) is 16.6. The van der Waals surface area contributed by atoms with E-state index in [0.717, 1.165) is 16.7 Å². The van der Waals surface area contributed by atoms with Gasteiger partial charge in [-0.05, 0) is 54.8 Å². The number of fused-ring (bicyclic) bond motifs is 1. The summed E-state index contributed by atoms with van der Waals surface area (Å²) in [5.74, 6) is -0.509. The van der Waals surface area contributed by atoms with Gasteiger partial charge in [0.05, 0.1) is 5.52 Å². The summed E-state index contributed by atoms with van der Waals surface area (Å²) in [4.78, 5) is 23.7. The fraction of sp³-hybridized carbons (Fsp3) is 0.222. The third kappa shape index (κ3) is 2.90. The first kappa shape index (κ1) is 15.1. The summed E-state index contributed by atoms with van der Waals surface area (Å²) in [6.07, 6.45) is 0. The summed E-state index contributed by atoms with van der Waals surface area (Å²) < 4.78 is 6.54. The second kappa shape index (κ2) is 5.76. The normalized spacial score (nSPS) is 10.9. The highest BCUT2D eigenvalue weighted by atomic mass is 16.4. The van der Waals surface area contributed by atoms with Crippen molar-refractivity contribution in [3.8, 4) is 0 Å². The van der Waals surface area contributed by atoms with Crippen LogP contribution in [0.1, 0.15) is 27.0 Å². The molecule has 5 heteroatoms. The summed E-state index contributed by atoms with van der Waals surface area (Å²) in [6, 6.07) is 11.1. The molecule has 0 aliphatic carbocycles. The van der Waals surface area contributed by atoms with E-state index in [2.05, 4.69) is 5.32 Å². The maximum Gasteiger partial charge on any atom is 0.419 e. The Morgan fingerprint density at radius 3 is 2.65 bits per heavy atom. The molecule has 0 bridgehead atoms. The molecule has 0 saturated carbocycles. The van der Waals surface area contributed by atoms with Crippen LogP contribution in [-0.4, -0.2) is 10.5 Å². The van der Waals surface area contributed by atoms with E-state index in [0.29, 0.717) is 23.2 Å². The first-order valence-electron chi connectivity index (χ1n) is 7.39. The molecule has 3 aromatic rings. The second-order valence-corrected chi connectivity index (χ2v) is 5.71. The summed E-state index contributed by atoms with van der Waals surface area (Å²) in [5.41, 5.74) is 5.06. The minimum atomic E-state index is -0.392. The molecule has 1 N–H and O–H groups in total. The van der Waals surface area contributed by atoms with Crippen LogP contribution in [0.15, 0.2) is 45.6 Å². The van der Waals surface area contributed by atoms with Gasteiger partial charge in [-0.25, -0.2) is 4.79 Å². The fourth-order valence-corrected chi connectivity index (χ4v) is 2.45. The molecule has 0 fully saturated rings. The number of carbonyl (C=O) groups excluding carboxylic acids is 1. The van der Waals surface area contributed by atoms with Gasteiger partial charge in [-0.1, -0.05) is 12.1 Å². The molecule has 2 aromatic carbocycles. The summed E-state index contributed by atoms with van der Waals surface area (Å²) in [5, 5.41) is 2.90. The van der Waals surface area contributed by atoms with Gasteiger partial charge >= 0.3 is 5.76 Å². The number of nitrogens with one attached hydrogen (secondary N) is 1. The van der Waals surface area contributed by atoms with Gasteiger partial charge in [-0.2, -0.15) is 0 Å². The average Bonchev–Trinajstić information content (AvgIpc) is 2.82. The zero-order valence-corrected chi connectivity index (χ0v) is 13.3. The Morgan fingerprint density at radius 2 is 1.91 bits per heavy atom. The minimum Gasteiger partial charge on any atom is -0.408 e. The first-order chi connectivity index (χ1) is 11.0. The third-order valence-corrected chi connectivity index (χ3v) is 4.08. The average molecular weight is 310 g/mol. The molecule has 23 heavy (non-hydrogen) atoms. The molecule has 3 rings (SSSR count). The number of aromatic nitrogens is 1. The van der Waals surface area contributed by atoms with E-state index in [9.17, 15) is 9.59 Å². The van der Waals surface area contributed by atoms with Crippen molar-refractivity contribution in [1.82, 2.24) is 9.88 Å². The van der Waals surface area contributed by atoms with Gasteiger partial charge < -0.3 is 9.73 Å². The lowest BCUT2D eigenvalue weighted by Gasteiger charge is -2.07. The van der Waals surface area contributed by atoms with Crippen molar-refractivity contribution in [1.29, 1.82) is 0 Å². The highest BCUT2D eigenvalue weighted by Gasteiger charge is 2.09. The van der Waals surface area contributed by atoms with Crippen LogP contribution in [-0.2, 0) is 13.6 Å². The van der Waals surface area contributed by atoms with Crippen LogP contribution in [0.2, 0.25) is 0 Å². The quantitative estimate of drug-likeness (QED) is 0.809. The maximum absolute atomic E-state index is 12.2. The van der Waals surface area contributed by atoms with E-state index in [4.69, 9.17) is 4.42 Å². The van der Waals surface area contributed by atoms with Crippen molar-refractivity contribution in [2.45, 2.75) is 20.4 Å². The molecule has 1 amide bonds. The Hall–Kier alpha value is -2.82. The number of amides is 1. The second-order valence-electron chi connectivity index (χ2n) is 5.71. The van der Waals surface area contributed by atoms with Gasteiger partial charge in [0.1, 0.15) is 0 Å². The maximum atomic E-state index is 12.2. The number of rotatable bonds is 3. The molecule has 0 aliphatic heterocycles. The molecule has 0 radical (unpaired) electrons. The highest BCUT2D eigenvalue weighted by Crippen LogP contribution is 2.14. The summed E-state index contributed by atoms with van der Waals surface area (Å²) in [6.45, 7) is 4.39. The SMILES string of the molecule is Cc1ccc(C(=O)NCc2ccc3oc(=O)n(C)c3c2)cc1C. The number of hydrogen-bond donors (Lipinski definition) is 1. The van der Waals surface area contributed by atoms with Crippen molar-refractivity contribution < 1.29 is 9.21 Å². The van der Waals surface area contributed by atoms with Gasteiger partial charge in [-0.3, -0.25) is 9.36 Å². The Morgan fingerprint density at radius 1 is 1.13 bits per heavy atom. The lowest BCUT2D eigenvalue weighted by atomic mass is 10.1. The van der Waals surface area contributed by atoms with Crippen LogP contribution < -0.4 is 11.1 Å². The molecule has 5 nitrogen and oxygen atoms in total. The Kier molecular flexibility index (Phi) is 3.78. The molecular weight excluding hydrogens is 292 g/mol. The van der Waals surface area contributed by atoms with Gasteiger partial charge in [0.2, 0.25) is 0 Å². The van der Waals surface area contributed by atoms with Crippen LogP contribution >= 0.6 is 0 Å². The van der Waals surface area contributed by atoms with Gasteiger partial charge in [0, 0.05) is 19.2 Å². The Labute approximate surface area is 133 Å². The van der Waals surface area contributed by atoms with Crippen molar-refractivity contribution in [3.05, 3.63) is 69.2 Å². The van der Waals surface area contributed by atoms with E-state index >= 15 is 0 Å². The Bertz CT molecular complexity index is 951. The summed E-state index contributed by atoms with van der Waals surface area (Å²) >= 11 is 0. The van der Waals surface area contributed by atoms with Crippen molar-refractivity contribution in [2.75, 3.05) is 0 Å². The largest absolute Gasteiger partial charge is 0.419 e. The van der Waals surface area contributed by atoms with Gasteiger partial charge in [-0.15, -0.1) is 0 Å². The minimum absolute atomic E-state index is 0.116. The van der Waals surface area contributed by atoms with Crippen LogP contribution in [0.25, 0.3) is 11.1 Å². The number of benzene rings is 2. The van der Waals surface area contributed by atoms with Crippen LogP contribution in [0.5, 0.6) is 0 Å². The molecule has 118 valence electrons. The zero-order valence-electron chi connectivity index (χ0n) is 13.3. The number of nitrogens with zero attached hydrogens (tertiary/aromatic N) is 1. The predicted molar refractivity (Wildman–Crippen MR) is 88.5 cm³/mol. The monoisotopic (exact) mass is 310 g/mol. The van der Waals surface area contributed by atoms with E-state index in [1.165, 1.54) is 4.57 Å². The molecule has 0 atom stereocenters. The molecule has 1 aromatic heterocycles. The van der Waals surface area contributed by atoms with E-state index in [1.807, 2.05) is 44.2 Å². The van der Waals surface area contributed by atoms with Crippen LogP contribution in [0.3, 0.4) is 0 Å². The molecule has 0 unspecified atom stereocenters. The lowest BCUT2D eigenvalue weighted by Crippen LogP contribution is -2.22. The van der Waals surface area contributed by atoms with Gasteiger partial charge in [0.25, 0.3) is 5.91 Å². The number of hydrogen-bond acceptors (Lipinski definition) is 3. The standard InChI is InChI=1S/C18H18N2O3/c1-11-4-6-14(8-12(11)2)17(21)19-10-13-5-7-16-15(9-13)20(3)18(22)23-16/h4-9H,10H2,1-3H3,(H,19,21). The smallest absolute Gasteiger partial charge is 0.408 e. The van der Waals surface area contributed by atoms with Crippen LogP contribution in [0.4, 0.5) is 0 Å². The van der Waals surface area contributed by atoms with E-state index in [1.54, 1.807) is 13.1 Å². The van der Waals surface area contributed by atoms with Gasteiger partial charge in [0.15, 0.2) is 5.58 Å². The van der Waals surface area contributed by atoms with Crippen molar-refractivity contribution in [2.24, 2.45) is 7.05 Å². The molecule has 0 saturated heterocycles. The number of carbonyl (C=O) groups is 1. The molecule has 0 aliphatic rings. The van der Waals surface area contributed by atoms with E-state index < -0.39 is 5.76 Å². The lowest BCUT2D eigenvalue weighted by molar-refractivity contribution is 0.0951. The number of aryl methyl sites for hydroxylation is 3. The molecule has 1 heterocycles. The highest BCUT2D eigenvalue weighted by molar-refractivity contribution is 5.94. The first-order valence-corrected chi connectivity index (χ1v) is 7.39. The predicted octanol–water partition coefficient (Wildman–Crippen LogP) is 2.68. The topological polar surface area (TPSA) is 64.2 Å². The fourth-order valence-electron chi connectivity index (χ4n) is 2.45. The molecular formula is C18H18N2O3. The Balaban J connectivity index is 1.77. The van der Waals surface area contributed by atoms with E-state index in [-0.39, 0.29) is 5.91 Å².